The number of para-hydroxylation sites is 1. The molecule has 0 spiro atoms. The lowest BCUT2D eigenvalue weighted by Crippen LogP contribution is -2.14. The van der Waals surface area contributed by atoms with Gasteiger partial charge in [-0.2, -0.15) is 10.4 Å². The van der Waals surface area contributed by atoms with Crippen LogP contribution in [0.4, 0.5) is 5.82 Å². The molecule has 0 fully saturated rings. The first-order valence-corrected chi connectivity index (χ1v) is 6.28. The van der Waals surface area contributed by atoms with Gasteiger partial charge in [0.1, 0.15) is 11.6 Å². The second kappa shape index (κ2) is 5.06. The van der Waals surface area contributed by atoms with E-state index in [1.807, 2.05) is 24.3 Å². The number of nitrogens with zero attached hydrogens (tertiary/aromatic N) is 4. The summed E-state index contributed by atoms with van der Waals surface area (Å²) in [5.41, 5.74) is 1.38. The van der Waals surface area contributed by atoms with Crippen molar-refractivity contribution in [2.45, 2.75) is 0 Å². The number of fused-ring (bicyclic) bond motifs is 1. The summed E-state index contributed by atoms with van der Waals surface area (Å²) in [6, 6.07) is 11.1. The highest BCUT2D eigenvalue weighted by Crippen LogP contribution is 2.18. The number of hydrogen-bond acceptors (Lipinski definition) is 4. The van der Waals surface area contributed by atoms with Crippen LogP contribution in [-0.4, -0.2) is 20.7 Å². The van der Waals surface area contributed by atoms with Gasteiger partial charge in [0.15, 0.2) is 5.82 Å². The van der Waals surface area contributed by atoms with Gasteiger partial charge in [0, 0.05) is 24.8 Å². The van der Waals surface area contributed by atoms with E-state index in [0.29, 0.717) is 16.6 Å². The summed E-state index contributed by atoms with van der Waals surface area (Å²) in [6.07, 6.45) is 3.19. The fourth-order valence-electron chi connectivity index (χ4n) is 2.12. The molecule has 1 amide bonds. The molecule has 0 aliphatic rings. The van der Waals surface area contributed by atoms with Crippen LogP contribution in [0.2, 0.25) is 0 Å². The third-order valence-corrected chi connectivity index (χ3v) is 3.06. The minimum atomic E-state index is -0.338. The fourth-order valence-corrected chi connectivity index (χ4v) is 2.12. The maximum atomic E-state index is 12.4. The number of rotatable bonds is 2. The van der Waals surface area contributed by atoms with Gasteiger partial charge in [-0.05, 0) is 12.1 Å². The molecule has 3 aromatic rings. The lowest BCUT2D eigenvalue weighted by molar-refractivity contribution is 0.102. The van der Waals surface area contributed by atoms with E-state index in [2.05, 4.69) is 15.4 Å². The second-order valence-corrected chi connectivity index (χ2v) is 4.51. The Labute approximate surface area is 120 Å². The molecule has 3 rings (SSSR count). The van der Waals surface area contributed by atoms with Crippen LogP contribution in [0.25, 0.3) is 10.9 Å². The van der Waals surface area contributed by atoms with Gasteiger partial charge in [0.25, 0.3) is 5.91 Å². The Hall–Kier alpha value is -3.20. The minimum Gasteiger partial charge on any atom is -0.304 e. The van der Waals surface area contributed by atoms with Crippen molar-refractivity contribution in [3.8, 4) is 6.07 Å². The summed E-state index contributed by atoms with van der Waals surface area (Å²) in [5.74, 6) is -0.0903. The van der Waals surface area contributed by atoms with E-state index in [-0.39, 0.29) is 11.7 Å². The first kappa shape index (κ1) is 12.8. The summed E-state index contributed by atoms with van der Waals surface area (Å²) >= 11 is 0. The largest absolute Gasteiger partial charge is 0.304 e. The van der Waals surface area contributed by atoms with E-state index in [0.717, 1.165) is 5.39 Å². The molecule has 0 saturated carbocycles. The predicted molar refractivity (Wildman–Crippen MR) is 77.6 cm³/mol. The molecule has 1 aromatic carbocycles. The van der Waals surface area contributed by atoms with Crippen LogP contribution in [0, 0.1) is 11.3 Å². The van der Waals surface area contributed by atoms with Crippen LogP contribution >= 0.6 is 0 Å². The van der Waals surface area contributed by atoms with Crippen molar-refractivity contribution >= 4 is 22.6 Å². The third kappa shape index (κ3) is 2.32. The monoisotopic (exact) mass is 277 g/mol. The topological polar surface area (TPSA) is 83.6 Å². The molecule has 0 saturated heterocycles. The number of carbonyl (C=O) groups is 1. The first-order chi connectivity index (χ1) is 10.2. The smallest absolute Gasteiger partial charge is 0.259 e. The summed E-state index contributed by atoms with van der Waals surface area (Å²) in [5, 5.41) is 16.6. The third-order valence-electron chi connectivity index (χ3n) is 3.06. The molecule has 0 bridgehead atoms. The molecule has 2 heterocycles. The Kier molecular flexibility index (Phi) is 3.09. The van der Waals surface area contributed by atoms with Gasteiger partial charge < -0.3 is 5.32 Å². The fraction of sp³-hybridized carbons (Fsp3) is 0.0667. The minimum absolute atomic E-state index is 0.248. The molecule has 21 heavy (non-hydrogen) atoms. The highest BCUT2D eigenvalue weighted by atomic mass is 16.1. The van der Waals surface area contributed by atoms with Crippen molar-refractivity contribution in [1.82, 2.24) is 14.8 Å². The first-order valence-electron chi connectivity index (χ1n) is 6.28. The van der Waals surface area contributed by atoms with Crippen LogP contribution in [0.1, 0.15) is 15.9 Å². The summed E-state index contributed by atoms with van der Waals surface area (Å²) < 4.78 is 1.48. The number of hydrogen-bond donors (Lipinski definition) is 1. The Morgan fingerprint density at radius 2 is 2.14 bits per heavy atom. The second-order valence-electron chi connectivity index (χ2n) is 4.51. The molecular formula is C15H11N5O. The number of nitriles is 1. The van der Waals surface area contributed by atoms with Gasteiger partial charge in [-0.15, -0.1) is 0 Å². The van der Waals surface area contributed by atoms with Gasteiger partial charge in [0.2, 0.25) is 0 Å². The molecule has 0 unspecified atom stereocenters. The molecule has 0 aliphatic carbocycles. The number of aryl methyl sites for hydroxylation is 1. The lowest BCUT2D eigenvalue weighted by Gasteiger charge is -2.05. The molecular weight excluding hydrogens is 266 g/mol. The number of nitrogens with one attached hydrogen (secondary N) is 1. The van der Waals surface area contributed by atoms with Crippen molar-refractivity contribution in [3.63, 3.8) is 0 Å². The zero-order valence-corrected chi connectivity index (χ0v) is 11.2. The van der Waals surface area contributed by atoms with Crippen LogP contribution in [0.3, 0.4) is 0 Å². The maximum Gasteiger partial charge on any atom is 0.259 e. The van der Waals surface area contributed by atoms with Crippen molar-refractivity contribution < 1.29 is 4.79 Å². The molecule has 102 valence electrons. The molecule has 2 aromatic heterocycles. The quantitative estimate of drug-likeness (QED) is 0.777. The van der Waals surface area contributed by atoms with Crippen molar-refractivity contribution in [2.24, 2.45) is 7.05 Å². The van der Waals surface area contributed by atoms with Crippen LogP contribution in [0.5, 0.6) is 0 Å². The van der Waals surface area contributed by atoms with Gasteiger partial charge in [-0.1, -0.05) is 18.2 Å². The number of benzene rings is 1. The molecule has 6 heteroatoms. The van der Waals surface area contributed by atoms with E-state index >= 15 is 0 Å². The summed E-state index contributed by atoms with van der Waals surface area (Å²) in [7, 11) is 1.69. The van der Waals surface area contributed by atoms with Crippen molar-refractivity contribution in [2.75, 3.05) is 5.32 Å². The highest BCUT2D eigenvalue weighted by molar-refractivity contribution is 6.11. The van der Waals surface area contributed by atoms with Crippen molar-refractivity contribution in [1.29, 1.82) is 5.26 Å². The van der Waals surface area contributed by atoms with E-state index in [9.17, 15) is 4.79 Å². The van der Waals surface area contributed by atoms with Gasteiger partial charge >= 0.3 is 0 Å². The van der Waals surface area contributed by atoms with Crippen LogP contribution in [-0.2, 0) is 7.05 Å². The number of aromatic nitrogens is 3. The van der Waals surface area contributed by atoms with Crippen molar-refractivity contribution in [3.05, 3.63) is 53.9 Å². The van der Waals surface area contributed by atoms with E-state index in [4.69, 9.17) is 5.26 Å². The average Bonchev–Trinajstić information content (AvgIpc) is 2.86. The van der Waals surface area contributed by atoms with Gasteiger partial charge in [-0.25, -0.2) is 0 Å². The molecule has 6 nitrogen and oxygen atoms in total. The molecule has 1 N–H and O–H groups in total. The number of carbonyl (C=O) groups excluding carboxylic acids is 1. The lowest BCUT2D eigenvalue weighted by atomic mass is 10.1. The zero-order chi connectivity index (χ0) is 14.8. The number of amides is 1. The van der Waals surface area contributed by atoms with E-state index in [1.54, 1.807) is 31.6 Å². The summed E-state index contributed by atoms with van der Waals surface area (Å²) in [4.78, 5) is 16.6. The highest BCUT2D eigenvalue weighted by Gasteiger charge is 2.15. The Morgan fingerprint density at radius 1 is 1.33 bits per heavy atom. The average molecular weight is 277 g/mol. The van der Waals surface area contributed by atoms with Crippen LogP contribution < -0.4 is 5.32 Å². The maximum absolute atomic E-state index is 12.4. The Bertz CT molecular complexity index is 870. The molecule has 0 radical (unpaired) electrons. The zero-order valence-electron chi connectivity index (χ0n) is 11.2. The van der Waals surface area contributed by atoms with Gasteiger partial charge in [-0.3, -0.25) is 14.5 Å². The van der Waals surface area contributed by atoms with Gasteiger partial charge in [0.05, 0.1) is 11.1 Å². The SMILES string of the molecule is Cn1cc(C#N)c(NC(=O)c2cccc3cccnc23)n1. The Morgan fingerprint density at radius 3 is 2.95 bits per heavy atom. The van der Waals surface area contributed by atoms with Crippen LogP contribution in [0.15, 0.2) is 42.7 Å². The summed E-state index contributed by atoms with van der Waals surface area (Å²) in [6.45, 7) is 0. The molecule has 0 aliphatic heterocycles. The number of anilines is 1. The number of pyridine rings is 1. The Balaban J connectivity index is 2.00. The standard InChI is InChI=1S/C15H11N5O/c1-20-9-11(8-16)14(19-20)18-15(21)12-6-2-4-10-5-3-7-17-13(10)12/h2-7,9H,1H3,(H,18,19,21). The van der Waals surface area contributed by atoms with E-state index in [1.165, 1.54) is 4.68 Å². The van der Waals surface area contributed by atoms with E-state index < -0.39 is 0 Å². The molecule has 0 atom stereocenters. The normalized spacial score (nSPS) is 10.3. The predicted octanol–water partition coefficient (Wildman–Crippen LogP) is 2.09.